The normalized spacial score (nSPS) is 10.3. The van der Waals surface area contributed by atoms with Gasteiger partial charge in [0.15, 0.2) is 0 Å². The fraction of sp³-hybridized carbons (Fsp3) is 0.350. The van der Waals surface area contributed by atoms with Gasteiger partial charge in [0.1, 0.15) is 5.75 Å². The summed E-state index contributed by atoms with van der Waals surface area (Å²) in [6.07, 6.45) is 3.21. The zero-order chi connectivity index (χ0) is 16.5. The van der Waals surface area contributed by atoms with Crippen LogP contribution in [0.2, 0.25) is 0 Å². The second-order valence-electron chi connectivity index (χ2n) is 5.62. The minimum Gasteiger partial charge on any atom is -0.497 e. The molecule has 0 saturated carbocycles. The lowest BCUT2D eigenvalue weighted by atomic mass is 10.1. The fourth-order valence-corrected chi connectivity index (χ4v) is 2.43. The van der Waals surface area contributed by atoms with Crippen LogP contribution >= 0.6 is 0 Å². The van der Waals surface area contributed by atoms with Crippen molar-refractivity contribution in [1.82, 2.24) is 5.32 Å². The summed E-state index contributed by atoms with van der Waals surface area (Å²) in [4.78, 5) is 11.9. The number of rotatable bonds is 8. The molecular weight excluding hydrogens is 286 g/mol. The Bertz CT molecular complexity index is 603. The van der Waals surface area contributed by atoms with Crippen molar-refractivity contribution in [2.45, 2.75) is 32.6 Å². The smallest absolute Gasteiger partial charge is 0.220 e. The van der Waals surface area contributed by atoms with E-state index in [2.05, 4.69) is 36.5 Å². The van der Waals surface area contributed by atoms with E-state index < -0.39 is 0 Å². The van der Waals surface area contributed by atoms with Crippen LogP contribution in [-0.2, 0) is 24.1 Å². The Morgan fingerprint density at radius 1 is 0.913 bits per heavy atom. The summed E-state index contributed by atoms with van der Waals surface area (Å²) in [5, 5.41) is 2.98. The van der Waals surface area contributed by atoms with Crippen molar-refractivity contribution in [3.63, 3.8) is 0 Å². The predicted octanol–water partition coefficient (Wildman–Crippen LogP) is 3.55. The van der Waals surface area contributed by atoms with Gasteiger partial charge in [-0.2, -0.15) is 0 Å². The first-order chi connectivity index (χ1) is 11.2. The quantitative estimate of drug-likeness (QED) is 0.809. The van der Waals surface area contributed by atoms with Crippen molar-refractivity contribution >= 4 is 5.91 Å². The van der Waals surface area contributed by atoms with Gasteiger partial charge >= 0.3 is 0 Å². The Morgan fingerprint density at radius 2 is 1.48 bits per heavy atom. The van der Waals surface area contributed by atoms with Crippen LogP contribution in [0.4, 0.5) is 0 Å². The summed E-state index contributed by atoms with van der Waals surface area (Å²) in [6.45, 7) is 2.81. The molecule has 0 spiro atoms. The molecule has 122 valence electrons. The molecule has 0 aliphatic heterocycles. The van der Waals surface area contributed by atoms with Crippen LogP contribution in [-0.4, -0.2) is 19.6 Å². The molecule has 2 aromatic rings. The Labute approximate surface area is 138 Å². The van der Waals surface area contributed by atoms with Crippen LogP contribution < -0.4 is 10.1 Å². The van der Waals surface area contributed by atoms with Crippen LogP contribution in [0.3, 0.4) is 0 Å². The summed E-state index contributed by atoms with van der Waals surface area (Å²) in [5.74, 6) is 0.963. The van der Waals surface area contributed by atoms with Crippen molar-refractivity contribution in [1.29, 1.82) is 0 Å². The lowest BCUT2D eigenvalue weighted by Crippen LogP contribution is -2.25. The third kappa shape index (κ3) is 5.78. The molecule has 0 aliphatic carbocycles. The van der Waals surface area contributed by atoms with Crippen molar-refractivity contribution in [2.75, 3.05) is 13.7 Å². The second-order valence-corrected chi connectivity index (χ2v) is 5.62. The van der Waals surface area contributed by atoms with Crippen LogP contribution in [0.1, 0.15) is 30.0 Å². The molecule has 0 unspecified atom stereocenters. The van der Waals surface area contributed by atoms with E-state index in [1.54, 1.807) is 7.11 Å². The average molecular weight is 311 g/mol. The van der Waals surface area contributed by atoms with Crippen LogP contribution in [0.5, 0.6) is 5.75 Å². The third-order valence-corrected chi connectivity index (χ3v) is 3.97. The largest absolute Gasteiger partial charge is 0.497 e. The summed E-state index contributed by atoms with van der Waals surface area (Å²) in [6, 6.07) is 16.4. The zero-order valence-electron chi connectivity index (χ0n) is 14.0. The monoisotopic (exact) mass is 311 g/mol. The molecule has 0 saturated heterocycles. The van der Waals surface area contributed by atoms with Gasteiger partial charge in [-0.1, -0.05) is 43.3 Å². The molecule has 2 aromatic carbocycles. The van der Waals surface area contributed by atoms with Crippen molar-refractivity contribution < 1.29 is 9.53 Å². The number of hydrogen-bond donors (Lipinski definition) is 1. The molecule has 1 N–H and O–H groups in total. The Hall–Kier alpha value is -2.29. The highest BCUT2D eigenvalue weighted by atomic mass is 16.5. The number of carbonyl (C=O) groups is 1. The molecule has 0 radical (unpaired) electrons. The molecule has 3 nitrogen and oxygen atoms in total. The highest BCUT2D eigenvalue weighted by Crippen LogP contribution is 2.11. The first-order valence-corrected chi connectivity index (χ1v) is 8.18. The van der Waals surface area contributed by atoms with E-state index in [1.165, 1.54) is 16.7 Å². The molecule has 3 heteroatoms. The Morgan fingerprint density at radius 3 is 2.09 bits per heavy atom. The number of carbonyl (C=O) groups excluding carboxylic acids is 1. The maximum absolute atomic E-state index is 11.9. The summed E-state index contributed by atoms with van der Waals surface area (Å²) >= 11 is 0. The summed E-state index contributed by atoms with van der Waals surface area (Å²) < 4.78 is 5.13. The van der Waals surface area contributed by atoms with Gasteiger partial charge in [-0.05, 0) is 48.1 Å². The molecule has 0 atom stereocenters. The van der Waals surface area contributed by atoms with Gasteiger partial charge in [0.05, 0.1) is 7.11 Å². The molecule has 0 aliphatic rings. The Kier molecular flexibility index (Phi) is 6.67. The van der Waals surface area contributed by atoms with Gasteiger partial charge in [-0.3, -0.25) is 4.79 Å². The molecule has 1 amide bonds. The van der Waals surface area contributed by atoms with E-state index in [9.17, 15) is 4.79 Å². The van der Waals surface area contributed by atoms with E-state index >= 15 is 0 Å². The topological polar surface area (TPSA) is 38.3 Å². The molecule has 0 aromatic heterocycles. The maximum atomic E-state index is 11.9. The maximum Gasteiger partial charge on any atom is 0.220 e. The molecule has 23 heavy (non-hydrogen) atoms. The van der Waals surface area contributed by atoms with E-state index in [0.717, 1.165) is 25.0 Å². The first kappa shape index (κ1) is 17.1. The molecule has 2 rings (SSSR count). The van der Waals surface area contributed by atoms with E-state index in [0.29, 0.717) is 13.0 Å². The van der Waals surface area contributed by atoms with Gasteiger partial charge in [0, 0.05) is 13.0 Å². The van der Waals surface area contributed by atoms with Crippen LogP contribution in [0.25, 0.3) is 0 Å². The standard InChI is InChI=1S/C20H25NO2/c1-3-16-4-6-17(7-5-16)10-13-20(22)21-15-14-18-8-11-19(23-2)12-9-18/h4-9,11-12H,3,10,13-15H2,1-2H3,(H,21,22). The molecule has 0 bridgehead atoms. The van der Waals surface area contributed by atoms with Crippen molar-refractivity contribution in [3.05, 3.63) is 65.2 Å². The highest BCUT2D eigenvalue weighted by Gasteiger charge is 2.02. The molecular formula is C20H25NO2. The van der Waals surface area contributed by atoms with Gasteiger partial charge in [-0.15, -0.1) is 0 Å². The highest BCUT2D eigenvalue weighted by molar-refractivity contribution is 5.76. The molecule has 0 heterocycles. The number of hydrogen-bond acceptors (Lipinski definition) is 2. The van der Waals surface area contributed by atoms with Gasteiger partial charge in [-0.25, -0.2) is 0 Å². The number of methoxy groups -OCH3 is 1. The number of aryl methyl sites for hydroxylation is 2. The van der Waals surface area contributed by atoms with Gasteiger partial charge in [0.25, 0.3) is 0 Å². The first-order valence-electron chi connectivity index (χ1n) is 8.18. The minimum absolute atomic E-state index is 0.109. The minimum atomic E-state index is 0.109. The predicted molar refractivity (Wildman–Crippen MR) is 93.8 cm³/mol. The number of ether oxygens (including phenoxy) is 1. The van der Waals surface area contributed by atoms with Crippen molar-refractivity contribution in [2.24, 2.45) is 0 Å². The van der Waals surface area contributed by atoms with Gasteiger partial charge in [0.2, 0.25) is 5.91 Å². The average Bonchev–Trinajstić information content (AvgIpc) is 2.61. The number of benzene rings is 2. The summed E-state index contributed by atoms with van der Waals surface area (Å²) in [5.41, 5.74) is 3.74. The number of nitrogens with one attached hydrogen (secondary N) is 1. The Balaban J connectivity index is 1.67. The lowest BCUT2D eigenvalue weighted by Gasteiger charge is -2.07. The number of amides is 1. The van der Waals surface area contributed by atoms with Gasteiger partial charge < -0.3 is 10.1 Å². The molecule has 0 fully saturated rings. The zero-order valence-corrected chi connectivity index (χ0v) is 14.0. The second kappa shape index (κ2) is 8.99. The van der Waals surface area contributed by atoms with E-state index in [1.807, 2.05) is 24.3 Å². The van der Waals surface area contributed by atoms with E-state index in [-0.39, 0.29) is 5.91 Å². The SMILES string of the molecule is CCc1ccc(CCC(=O)NCCc2ccc(OC)cc2)cc1. The fourth-order valence-electron chi connectivity index (χ4n) is 2.43. The van der Waals surface area contributed by atoms with E-state index in [4.69, 9.17) is 4.74 Å². The van der Waals surface area contributed by atoms with Crippen LogP contribution in [0.15, 0.2) is 48.5 Å². The lowest BCUT2D eigenvalue weighted by molar-refractivity contribution is -0.121. The summed E-state index contributed by atoms with van der Waals surface area (Å²) in [7, 11) is 1.66. The van der Waals surface area contributed by atoms with Crippen molar-refractivity contribution in [3.8, 4) is 5.75 Å². The van der Waals surface area contributed by atoms with Crippen LogP contribution in [0, 0.1) is 0 Å². The third-order valence-electron chi connectivity index (χ3n) is 3.97.